The summed E-state index contributed by atoms with van der Waals surface area (Å²) in [6, 6.07) is 3.36. The lowest BCUT2D eigenvalue weighted by Crippen LogP contribution is -2.34. The normalized spacial score (nSPS) is 12.4. The SMILES string of the molecule is COc1cc(C(=O)N(C)CCC(N)C(C)C)cc(Cl)c1OCC(C)C. The van der Waals surface area contributed by atoms with Crippen molar-refractivity contribution in [2.24, 2.45) is 17.6 Å². The highest BCUT2D eigenvalue weighted by atomic mass is 35.5. The molecule has 1 atom stereocenters. The summed E-state index contributed by atoms with van der Waals surface area (Å²) in [5, 5.41) is 0.371. The molecule has 1 aromatic rings. The van der Waals surface area contributed by atoms with Crippen LogP contribution in [0.25, 0.3) is 0 Å². The zero-order valence-corrected chi connectivity index (χ0v) is 16.9. The van der Waals surface area contributed by atoms with Gasteiger partial charge in [0.25, 0.3) is 5.91 Å². The van der Waals surface area contributed by atoms with Gasteiger partial charge in [0.1, 0.15) is 0 Å². The van der Waals surface area contributed by atoms with Gasteiger partial charge in [-0.05, 0) is 30.4 Å². The Kier molecular flexibility index (Phi) is 8.53. The molecule has 0 spiro atoms. The Hall–Kier alpha value is -1.46. The number of halogens is 1. The lowest BCUT2D eigenvalue weighted by Gasteiger charge is -2.22. The molecule has 2 N–H and O–H groups in total. The fourth-order valence-corrected chi connectivity index (χ4v) is 2.50. The molecule has 1 rings (SSSR count). The molecule has 0 heterocycles. The zero-order valence-electron chi connectivity index (χ0n) is 16.1. The van der Waals surface area contributed by atoms with Crippen molar-refractivity contribution in [2.75, 3.05) is 27.3 Å². The van der Waals surface area contributed by atoms with Crippen LogP contribution in [0, 0.1) is 11.8 Å². The van der Waals surface area contributed by atoms with Gasteiger partial charge in [0.05, 0.1) is 18.7 Å². The van der Waals surface area contributed by atoms with E-state index in [-0.39, 0.29) is 11.9 Å². The first kappa shape index (κ1) is 21.6. The molecule has 0 aliphatic heterocycles. The maximum atomic E-state index is 12.7. The number of carbonyl (C=O) groups is 1. The van der Waals surface area contributed by atoms with Crippen molar-refractivity contribution in [3.05, 3.63) is 22.7 Å². The number of methoxy groups -OCH3 is 1. The van der Waals surface area contributed by atoms with Crippen LogP contribution in [0.15, 0.2) is 12.1 Å². The van der Waals surface area contributed by atoms with Gasteiger partial charge in [0, 0.05) is 25.2 Å². The van der Waals surface area contributed by atoms with Crippen LogP contribution in [0.4, 0.5) is 0 Å². The Morgan fingerprint density at radius 1 is 1.28 bits per heavy atom. The van der Waals surface area contributed by atoms with Crippen LogP contribution in [0.3, 0.4) is 0 Å². The molecule has 0 saturated carbocycles. The molecule has 0 aliphatic rings. The second kappa shape index (κ2) is 9.88. The molecule has 1 amide bonds. The van der Waals surface area contributed by atoms with Crippen molar-refractivity contribution in [1.29, 1.82) is 0 Å². The number of hydrogen-bond donors (Lipinski definition) is 1. The topological polar surface area (TPSA) is 64.8 Å². The van der Waals surface area contributed by atoms with Crippen LogP contribution < -0.4 is 15.2 Å². The third kappa shape index (κ3) is 6.40. The van der Waals surface area contributed by atoms with Crippen LogP contribution in [0.2, 0.25) is 5.02 Å². The van der Waals surface area contributed by atoms with Gasteiger partial charge in [-0.3, -0.25) is 4.79 Å². The predicted molar refractivity (Wildman–Crippen MR) is 103 cm³/mol. The summed E-state index contributed by atoms with van der Waals surface area (Å²) in [6.07, 6.45) is 0.750. The van der Waals surface area contributed by atoms with Gasteiger partial charge < -0.3 is 20.1 Å². The summed E-state index contributed by atoms with van der Waals surface area (Å²) in [7, 11) is 3.30. The van der Waals surface area contributed by atoms with E-state index < -0.39 is 0 Å². The first-order valence-electron chi connectivity index (χ1n) is 8.68. The zero-order chi connectivity index (χ0) is 19.1. The molecule has 0 aliphatic carbocycles. The van der Waals surface area contributed by atoms with Crippen LogP contribution in [0.5, 0.6) is 11.5 Å². The predicted octanol–water partition coefficient (Wildman–Crippen LogP) is 3.83. The third-order valence-electron chi connectivity index (χ3n) is 4.04. The van der Waals surface area contributed by atoms with E-state index in [1.54, 1.807) is 24.1 Å². The largest absolute Gasteiger partial charge is 0.493 e. The minimum Gasteiger partial charge on any atom is -0.493 e. The van der Waals surface area contributed by atoms with Gasteiger partial charge >= 0.3 is 0 Å². The van der Waals surface area contributed by atoms with Gasteiger partial charge in [-0.1, -0.05) is 39.3 Å². The van der Waals surface area contributed by atoms with E-state index in [0.29, 0.717) is 47.1 Å². The summed E-state index contributed by atoms with van der Waals surface area (Å²) in [4.78, 5) is 14.3. The van der Waals surface area contributed by atoms with E-state index in [2.05, 4.69) is 27.7 Å². The Labute approximate surface area is 156 Å². The summed E-state index contributed by atoms with van der Waals surface area (Å²) < 4.78 is 11.1. The van der Waals surface area contributed by atoms with Crippen LogP contribution in [0.1, 0.15) is 44.5 Å². The molecule has 5 nitrogen and oxygen atoms in total. The van der Waals surface area contributed by atoms with Crippen molar-refractivity contribution >= 4 is 17.5 Å². The minimum absolute atomic E-state index is 0.0696. The molecule has 1 aromatic carbocycles. The molecular formula is C19H31ClN2O3. The summed E-state index contributed by atoms with van der Waals surface area (Å²) >= 11 is 6.32. The second-order valence-corrected chi connectivity index (χ2v) is 7.52. The maximum absolute atomic E-state index is 12.7. The summed E-state index contributed by atoms with van der Waals surface area (Å²) in [6.45, 7) is 9.37. The van der Waals surface area contributed by atoms with Crippen molar-refractivity contribution in [1.82, 2.24) is 4.90 Å². The smallest absolute Gasteiger partial charge is 0.253 e. The maximum Gasteiger partial charge on any atom is 0.253 e. The molecule has 142 valence electrons. The fourth-order valence-electron chi connectivity index (χ4n) is 2.23. The first-order chi connectivity index (χ1) is 11.7. The van der Waals surface area contributed by atoms with Gasteiger partial charge in [-0.2, -0.15) is 0 Å². The molecule has 6 heteroatoms. The minimum atomic E-state index is -0.119. The molecule has 0 radical (unpaired) electrons. The van der Waals surface area contributed by atoms with Crippen LogP contribution >= 0.6 is 11.6 Å². The Balaban J connectivity index is 2.90. The number of ether oxygens (including phenoxy) is 2. The molecule has 0 aromatic heterocycles. The monoisotopic (exact) mass is 370 g/mol. The van der Waals surface area contributed by atoms with E-state index in [1.165, 1.54) is 7.11 Å². The van der Waals surface area contributed by atoms with Crippen molar-refractivity contribution < 1.29 is 14.3 Å². The average molecular weight is 371 g/mol. The van der Waals surface area contributed by atoms with Gasteiger partial charge in [0.2, 0.25) is 0 Å². The van der Waals surface area contributed by atoms with Crippen molar-refractivity contribution in [3.8, 4) is 11.5 Å². The molecule has 25 heavy (non-hydrogen) atoms. The molecule has 0 saturated heterocycles. The fraction of sp³-hybridized carbons (Fsp3) is 0.632. The van der Waals surface area contributed by atoms with Crippen LogP contribution in [-0.2, 0) is 0 Å². The number of nitrogens with two attached hydrogens (primary N) is 1. The Bertz CT molecular complexity index is 576. The standard InChI is InChI=1S/C19H31ClN2O3/c1-12(2)11-25-18-15(20)9-14(10-17(18)24-6)19(23)22(5)8-7-16(21)13(3)4/h9-10,12-13,16H,7-8,11,21H2,1-6H3. The number of amides is 1. The summed E-state index contributed by atoms with van der Waals surface area (Å²) in [5.74, 6) is 1.56. The molecular weight excluding hydrogens is 340 g/mol. The number of hydrogen-bond acceptors (Lipinski definition) is 4. The lowest BCUT2D eigenvalue weighted by atomic mass is 10.0. The summed E-state index contributed by atoms with van der Waals surface area (Å²) in [5.41, 5.74) is 6.53. The number of rotatable bonds is 9. The van der Waals surface area contributed by atoms with E-state index in [4.69, 9.17) is 26.8 Å². The lowest BCUT2D eigenvalue weighted by molar-refractivity contribution is 0.0788. The van der Waals surface area contributed by atoms with E-state index >= 15 is 0 Å². The first-order valence-corrected chi connectivity index (χ1v) is 9.06. The van der Waals surface area contributed by atoms with E-state index in [0.717, 1.165) is 6.42 Å². The highest BCUT2D eigenvalue weighted by molar-refractivity contribution is 6.32. The van der Waals surface area contributed by atoms with Gasteiger partial charge in [-0.25, -0.2) is 0 Å². The average Bonchev–Trinajstić information content (AvgIpc) is 2.56. The molecule has 1 unspecified atom stereocenters. The van der Waals surface area contributed by atoms with Gasteiger partial charge in [-0.15, -0.1) is 0 Å². The quantitative estimate of drug-likeness (QED) is 0.717. The van der Waals surface area contributed by atoms with Crippen LogP contribution in [-0.4, -0.2) is 44.2 Å². The highest BCUT2D eigenvalue weighted by Gasteiger charge is 2.19. The van der Waals surface area contributed by atoms with Crippen molar-refractivity contribution in [3.63, 3.8) is 0 Å². The third-order valence-corrected chi connectivity index (χ3v) is 4.32. The Morgan fingerprint density at radius 3 is 2.44 bits per heavy atom. The molecule has 0 fully saturated rings. The second-order valence-electron chi connectivity index (χ2n) is 7.12. The Morgan fingerprint density at radius 2 is 1.92 bits per heavy atom. The number of benzene rings is 1. The van der Waals surface area contributed by atoms with E-state index in [9.17, 15) is 4.79 Å². The number of nitrogens with zero attached hydrogens (tertiary/aromatic N) is 1. The van der Waals surface area contributed by atoms with Crippen molar-refractivity contribution in [2.45, 2.75) is 40.2 Å². The number of carbonyl (C=O) groups excluding carboxylic acids is 1. The van der Waals surface area contributed by atoms with E-state index in [1.807, 2.05) is 0 Å². The molecule has 0 bridgehead atoms. The van der Waals surface area contributed by atoms with Gasteiger partial charge in [0.15, 0.2) is 11.5 Å². The highest BCUT2D eigenvalue weighted by Crippen LogP contribution is 2.37.